The van der Waals surface area contributed by atoms with Crippen LogP contribution in [0.2, 0.25) is 0 Å². The first-order valence-corrected chi connectivity index (χ1v) is 9.14. The van der Waals surface area contributed by atoms with E-state index in [2.05, 4.69) is 26.7 Å². The van der Waals surface area contributed by atoms with E-state index < -0.39 is 0 Å². The first kappa shape index (κ1) is 19.8. The molecule has 0 aliphatic heterocycles. The molecular weight excluding hydrogens is 366 g/mol. The molecule has 0 aliphatic rings. The van der Waals surface area contributed by atoms with Crippen molar-refractivity contribution in [2.45, 2.75) is 26.9 Å². The van der Waals surface area contributed by atoms with Crippen LogP contribution in [0.15, 0.2) is 54.6 Å². The van der Waals surface area contributed by atoms with Gasteiger partial charge in [0.1, 0.15) is 29.2 Å². The quantitative estimate of drug-likeness (QED) is 0.649. The van der Waals surface area contributed by atoms with Crippen molar-refractivity contribution >= 4 is 23.1 Å². The average molecular weight is 387 g/mol. The zero-order valence-electron chi connectivity index (χ0n) is 16.4. The first-order chi connectivity index (χ1) is 13.9. The number of carbonyl (C=O) groups excluding carboxylic acids is 1. The van der Waals surface area contributed by atoms with E-state index in [9.17, 15) is 10.1 Å². The van der Waals surface area contributed by atoms with Gasteiger partial charge in [0.25, 0.3) is 5.91 Å². The van der Waals surface area contributed by atoms with Crippen molar-refractivity contribution in [2.24, 2.45) is 0 Å². The normalized spacial score (nSPS) is 10.3. The van der Waals surface area contributed by atoms with Crippen molar-refractivity contribution in [3.63, 3.8) is 0 Å². The minimum atomic E-state index is -0.357. The third-order valence-electron chi connectivity index (χ3n) is 3.86. The second-order valence-corrected chi connectivity index (χ2v) is 6.61. The van der Waals surface area contributed by atoms with Gasteiger partial charge in [-0.25, -0.2) is 9.97 Å². The molecule has 1 amide bonds. The lowest BCUT2D eigenvalue weighted by atomic mass is 10.2. The molecule has 0 spiro atoms. The lowest BCUT2D eigenvalue weighted by Crippen LogP contribution is -2.15. The highest BCUT2D eigenvalue weighted by Gasteiger charge is 2.12. The summed E-state index contributed by atoms with van der Waals surface area (Å²) in [6.45, 7) is 5.61. The Balaban J connectivity index is 1.77. The molecule has 2 N–H and O–H groups in total. The van der Waals surface area contributed by atoms with E-state index in [1.54, 1.807) is 55.5 Å². The van der Waals surface area contributed by atoms with Gasteiger partial charge in [-0.2, -0.15) is 5.26 Å². The summed E-state index contributed by atoms with van der Waals surface area (Å²) < 4.78 is 5.60. The van der Waals surface area contributed by atoms with Crippen LogP contribution in [-0.4, -0.2) is 22.0 Å². The molecule has 0 unspecified atom stereocenters. The highest BCUT2D eigenvalue weighted by atomic mass is 16.5. The molecule has 0 saturated heterocycles. The molecule has 29 heavy (non-hydrogen) atoms. The fourth-order valence-corrected chi connectivity index (χ4v) is 2.66. The van der Waals surface area contributed by atoms with Gasteiger partial charge in [-0.3, -0.25) is 4.79 Å². The Morgan fingerprint density at radius 1 is 1.10 bits per heavy atom. The van der Waals surface area contributed by atoms with Gasteiger partial charge in [-0.15, -0.1) is 0 Å². The van der Waals surface area contributed by atoms with Crippen LogP contribution in [0.1, 0.15) is 35.7 Å². The van der Waals surface area contributed by atoms with Crippen LogP contribution in [-0.2, 0) is 0 Å². The SMILES string of the molecule is Cc1nc(Nc2ccccc2C#N)cc(C(=O)Nc2ccc(OC(C)C)cc2)n1. The fourth-order valence-electron chi connectivity index (χ4n) is 2.66. The molecule has 146 valence electrons. The molecule has 0 radical (unpaired) electrons. The van der Waals surface area contributed by atoms with Crippen LogP contribution < -0.4 is 15.4 Å². The second-order valence-electron chi connectivity index (χ2n) is 6.61. The van der Waals surface area contributed by atoms with E-state index in [1.165, 1.54) is 0 Å². The van der Waals surface area contributed by atoms with Gasteiger partial charge in [-0.1, -0.05) is 12.1 Å². The Morgan fingerprint density at radius 3 is 2.52 bits per heavy atom. The molecule has 1 heterocycles. The maximum Gasteiger partial charge on any atom is 0.274 e. The van der Waals surface area contributed by atoms with Gasteiger partial charge in [0.2, 0.25) is 0 Å². The number of carbonyl (C=O) groups is 1. The summed E-state index contributed by atoms with van der Waals surface area (Å²) in [4.78, 5) is 21.2. The van der Waals surface area contributed by atoms with Crippen LogP contribution in [0.25, 0.3) is 0 Å². The molecule has 0 atom stereocenters. The molecule has 7 heteroatoms. The van der Waals surface area contributed by atoms with Crippen molar-refractivity contribution in [3.05, 3.63) is 71.7 Å². The van der Waals surface area contributed by atoms with E-state index in [0.717, 1.165) is 5.75 Å². The predicted molar refractivity (Wildman–Crippen MR) is 111 cm³/mol. The minimum absolute atomic E-state index is 0.0801. The third-order valence-corrected chi connectivity index (χ3v) is 3.86. The fraction of sp³-hybridized carbons (Fsp3) is 0.182. The van der Waals surface area contributed by atoms with E-state index in [-0.39, 0.29) is 17.7 Å². The van der Waals surface area contributed by atoms with Crippen molar-refractivity contribution in [1.82, 2.24) is 9.97 Å². The van der Waals surface area contributed by atoms with Crippen molar-refractivity contribution in [3.8, 4) is 11.8 Å². The largest absolute Gasteiger partial charge is 0.491 e. The number of rotatable bonds is 6. The summed E-state index contributed by atoms with van der Waals surface area (Å²) in [7, 11) is 0. The van der Waals surface area contributed by atoms with Crippen LogP contribution >= 0.6 is 0 Å². The maximum atomic E-state index is 12.6. The molecule has 7 nitrogen and oxygen atoms in total. The predicted octanol–water partition coefficient (Wildman–Crippen LogP) is 4.44. The van der Waals surface area contributed by atoms with Gasteiger partial charge in [0.05, 0.1) is 17.4 Å². The van der Waals surface area contributed by atoms with Gasteiger partial charge in [0, 0.05) is 11.8 Å². The molecule has 0 saturated carbocycles. The maximum absolute atomic E-state index is 12.6. The smallest absolute Gasteiger partial charge is 0.274 e. The van der Waals surface area contributed by atoms with E-state index >= 15 is 0 Å². The summed E-state index contributed by atoms with van der Waals surface area (Å²) >= 11 is 0. The Morgan fingerprint density at radius 2 is 1.83 bits per heavy atom. The van der Waals surface area contributed by atoms with Gasteiger partial charge >= 0.3 is 0 Å². The molecule has 0 aliphatic carbocycles. The lowest BCUT2D eigenvalue weighted by molar-refractivity contribution is 0.102. The summed E-state index contributed by atoms with van der Waals surface area (Å²) in [6, 6.07) is 17.9. The summed E-state index contributed by atoms with van der Waals surface area (Å²) in [5.41, 5.74) is 1.95. The lowest BCUT2D eigenvalue weighted by Gasteiger charge is -2.11. The zero-order valence-corrected chi connectivity index (χ0v) is 16.4. The Kier molecular flexibility index (Phi) is 6.05. The highest BCUT2D eigenvalue weighted by molar-refractivity contribution is 6.03. The number of aromatic nitrogens is 2. The molecule has 0 fully saturated rings. The molecule has 3 aromatic rings. The Hall–Kier alpha value is -3.92. The van der Waals surface area contributed by atoms with Crippen LogP contribution in [0.3, 0.4) is 0 Å². The van der Waals surface area contributed by atoms with E-state index in [0.29, 0.717) is 28.6 Å². The van der Waals surface area contributed by atoms with Crippen LogP contribution in [0.5, 0.6) is 5.75 Å². The van der Waals surface area contributed by atoms with E-state index in [1.807, 2.05) is 19.9 Å². The zero-order chi connectivity index (χ0) is 20.8. The van der Waals surface area contributed by atoms with E-state index in [4.69, 9.17) is 4.74 Å². The first-order valence-electron chi connectivity index (χ1n) is 9.14. The van der Waals surface area contributed by atoms with Crippen LogP contribution in [0, 0.1) is 18.3 Å². The number of anilines is 3. The number of ether oxygens (including phenoxy) is 1. The summed E-state index contributed by atoms with van der Waals surface area (Å²) in [6.07, 6.45) is 0.0801. The number of amides is 1. The molecular formula is C22H21N5O2. The summed E-state index contributed by atoms with van der Waals surface area (Å²) in [5, 5.41) is 15.1. The summed E-state index contributed by atoms with van der Waals surface area (Å²) in [5.74, 6) is 1.25. The molecule has 1 aromatic heterocycles. The Labute approximate surface area is 169 Å². The molecule has 2 aromatic carbocycles. The number of nitriles is 1. The van der Waals surface area contributed by atoms with Gasteiger partial charge < -0.3 is 15.4 Å². The van der Waals surface area contributed by atoms with Gasteiger partial charge in [0.15, 0.2) is 0 Å². The molecule has 0 bridgehead atoms. The number of hydrogen-bond acceptors (Lipinski definition) is 6. The van der Waals surface area contributed by atoms with Crippen molar-refractivity contribution in [2.75, 3.05) is 10.6 Å². The number of nitrogens with one attached hydrogen (secondary N) is 2. The number of aryl methyl sites for hydroxylation is 1. The number of benzene rings is 2. The standard InChI is InChI=1S/C22H21N5O2/c1-14(2)29-18-10-8-17(9-11-18)26-22(28)20-12-21(25-15(3)24-20)27-19-7-5-4-6-16(19)13-23/h4-12,14H,1-3H3,(H,26,28)(H,24,25,27). The third kappa shape index (κ3) is 5.30. The highest BCUT2D eigenvalue weighted by Crippen LogP contribution is 2.21. The second kappa shape index (κ2) is 8.85. The van der Waals surface area contributed by atoms with Crippen LogP contribution in [0.4, 0.5) is 17.2 Å². The monoisotopic (exact) mass is 387 g/mol. The van der Waals surface area contributed by atoms with Crippen molar-refractivity contribution < 1.29 is 9.53 Å². The number of hydrogen-bond donors (Lipinski definition) is 2. The number of para-hydroxylation sites is 1. The Bertz CT molecular complexity index is 1060. The average Bonchev–Trinajstić information content (AvgIpc) is 2.69. The molecule has 3 rings (SSSR count). The van der Waals surface area contributed by atoms with Crippen molar-refractivity contribution in [1.29, 1.82) is 5.26 Å². The number of nitrogens with zero attached hydrogens (tertiary/aromatic N) is 3. The van der Waals surface area contributed by atoms with Gasteiger partial charge in [-0.05, 0) is 57.2 Å². The topological polar surface area (TPSA) is 99.9 Å². The minimum Gasteiger partial charge on any atom is -0.491 e.